The molecule has 108 valence electrons. The highest BCUT2D eigenvalue weighted by Gasteiger charge is 2.33. The van der Waals surface area contributed by atoms with Gasteiger partial charge in [-0.2, -0.15) is 5.10 Å². The molecule has 0 aliphatic rings. The van der Waals surface area contributed by atoms with Crippen molar-refractivity contribution in [1.82, 2.24) is 15.1 Å². The molecular formula is C14H25N3O2. The first-order valence-corrected chi connectivity index (χ1v) is 7.00. The Morgan fingerprint density at radius 1 is 1.42 bits per heavy atom. The van der Waals surface area contributed by atoms with Crippen molar-refractivity contribution in [3.63, 3.8) is 0 Å². The first kappa shape index (κ1) is 15.7. The second-order valence-electron chi connectivity index (χ2n) is 5.06. The minimum Gasteiger partial charge on any atom is -0.480 e. The maximum atomic E-state index is 11.5. The van der Waals surface area contributed by atoms with Crippen LogP contribution in [0.2, 0.25) is 0 Å². The molecule has 1 aromatic heterocycles. The van der Waals surface area contributed by atoms with E-state index in [1.54, 1.807) is 6.92 Å². The van der Waals surface area contributed by atoms with Crippen LogP contribution < -0.4 is 5.32 Å². The minimum atomic E-state index is -0.975. The summed E-state index contributed by atoms with van der Waals surface area (Å²) in [5.41, 5.74) is 1.12. The van der Waals surface area contributed by atoms with Gasteiger partial charge in [0.25, 0.3) is 0 Å². The van der Waals surface area contributed by atoms with Crippen molar-refractivity contribution in [2.75, 3.05) is 6.54 Å². The molecular weight excluding hydrogens is 242 g/mol. The van der Waals surface area contributed by atoms with Gasteiger partial charge in [0.1, 0.15) is 5.54 Å². The van der Waals surface area contributed by atoms with Gasteiger partial charge >= 0.3 is 5.97 Å². The molecule has 1 atom stereocenters. The third-order valence-electron chi connectivity index (χ3n) is 3.34. The molecule has 19 heavy (non-hydrogen) atoms. The van der Waals surface area contributed by atoms with E-state index in [0.717, 1.165) is 30.7 Å². The Bertz CT molecular complexity index is 428. The van der Waals surface area contributed by atoms with Crippen LogP contribution in [0.15, 0.2) is 6.07 Å². The van der Waals surface area contributed by atoms with E-state index in [0.29, 0.717) is 13.1 Å². The number of nitrogens with zero attached hydrogens (tertiary/aromatic N) is 2. The Morgan fingerprint density at radius 2 is 2.11 bits per heavy atom. The Morgan fingerprint density at radius 3 is 2.58 bits per heavy atom. The van der Waals surface area contributed by atoms with Crippen LogP contribution in [0, 0.1) is 0 Å². The highest BCUT2D eigenvalue weighted by Crippen LogP contribution is 2.13. The van der Waals surface area contributed by atoms with Gasteiger partial charge in [-0.25, -0.2) is 0 Å². The normalized spacial score (nSPS) is 14.3. The van der Waals surface area contributed by atoms with Crippen LogP contribution in [-0.2, 0) is 24.2 Å². The third kappa shape index (κ3) is 3.80. The van der Waals surface area contributed by atoms with Crippen LogP contribution in [-0.4, -0.2) is 32.9 Å². The minimum absolute atomic E-state index is 0.353. The molecule has 0 radical (unpaired) electrons. The average Bonchev–Trinajstić information content (AvgIpc) is 2.78. The number of carbonyl (C=O) groups is 1. The van der Waals surface area contributed by atoms with Gasteiger partial charge in [0.15, 0.2) is 0 Å². The van der Waals surface area contributed by atoms with Gasteiger partial charge in [0.2, 0.25) is 0 Å². The van der Waals surface area contributed by atoms with Crippen LogP contribution in [0.4, 0.5) is 0 Å². The quantitative estimate of drug-likeness (QED) is 0.754. The van der Waals surface area contributed by atoms with Crippen LogP contribution in [0.1, 0.15) is 45.5 Å². The Balaban J connectivity index is 2.95. The first-order chi connectivity index (χ1) is 8.96. The van der Waals surface area contributed by atoms with Crippen molar-refractivity contribution in [1.29, 1.82) is 0 Å². The molecule has 1 rings (SSSR count). The number of carboxylic acids is 1. The molecule has 0 aromatic carbocycles. The Kier molecular flexibility index (Phi) is 5.54. The predicted molar refractivity (Wildman–Crippen MR) is 75.3 cm³/mol. The number of hydrogen-bond acceptors (Lipinski definition) is 3. The van der Waals surface area contributed by atoms with Crippen molar-refractivity contribution < 1.29 is 9.90 Å². The van der Waals surface area contributed by atoms with Crippen molar-refractivity contribution in [3.8, 4) is 0 Å². The van der Waals surface area contributed by atoms with Gasteiger partial charge in [-0.3, -0.25) is 9.48 Å². The molecule has 0 saturated carbocycles. The van der Waals surface area contributed by atoms with E-state index < -0.39 is 11.5 Å². The molecule has 0 fully saturated rings. The van der Waals surface area contributed by atoms with Gasteiger partial charge in [-0.1, -0.05) is 20.8 Å². The van der Waals surface area contributed by atoms with Crippen molar-refractivity contribution in [2.24, 2.45) is 0 Å². The van der Waals surface area contributed by atoms with Crippen molar-refractivity contribution in [3.05, 3.63) is 17.5 Å². The number of aryl methyl sites for hydroxylation is 2. The lowest BCUT2D eigenvalue weighted by atomic mass is 10.0. The molecule has 5 heteroatoms. The summed E-state index contributed by atoms with van der Waals surface area (Å²) in [5.74, 6) is -0.837. The maximum Gasteiger partial charge on any atom is 0.325 e. The summed E-state index contributed by atoms with van der Waals surface area (Å²) in [7, 11) is 0. The predicted octanol–water partition coefficient (Wildman–Crippen LogP) is 1.85. The van der Waals surface area contributed by atoms with E-state index in [-0.39, 0.29) is 0 Å². The Hall–Kier alpha value is -1.36. The highest BCUT2D eigenvalue weighted by atomic mass is 16.4. The molecule has 0 bridgehead atoms. The van der Waals surface area contributed by atoms with Gasteiger partial charge in [0.05, 0.1) is 12.2 Å². The molecule has 5 nitrogen and oxygen atoms in total. The van der Waals surface area contributed by atoms with E-state index in [9.17, 15) is 9.90 Å². The van der Waals surface area contributed by atoms with E-state index in [1.165, 1.54) is 0 Å². The lowest BCUT2D eigenvalue weighted by molar-refractivity contribution is -0.144. The number of aliphatic carboxylic acids is 1. The zero-order valence-corrected chi connectivity index (χ0v) is 12.4. The molecule has 0 aliphatic heterocycles. The molecule has 1 unspecified atom stereocenters. The fourth-order valence-electron chi connectivity index (χ4n) is 2.01. The van der Waals surface area contributed by atoms with Crippen LogP contribution >= 0.6 is 0 Å². The lowest BCUT2D eigenvalue weighted by Crippen LogP contribution is -2.53. The van der Waals surface area contributed by atoms with Gasteiger partial charge in [-0.15, -0.1) is 0 Å². The van der Waals surface area contributed by atoms with Crippen LogP contribution in [0.3, 0.4) is 0 Å². The van der Waals surface area contributed by atoms with Gasteiger partial charge in [-0.05, 0) is 38.8 Å². The molecule has 1 aromatic rings. The number of aromatic nitrogens is 2. The molecule has 0 spiro atoms. The van der Waals surface area contributed by atoms with Gasteiger partial charge < -0.3 is 10.4 Å². The van der Waals surface area contributed by atoms with E-state index in [2.05, 4.69) is 30.3 Å². The summed E-state index contributed by atoms with van der Waals surface area (Å²) in [6.45, 7) is 8.90. The number of hydrogen-bond donors (Lipinski definition) is 2. The zero-order valence-electron chi connectivity index (χ0n) is 12.4. The summed E-state index contributed by atoms with van der Waals surface area (Å²) in [4.78, 5) is 11.5. The summed E-state index contributed by atoms with van der Waals surface area (Å²) < 4.78 is 1.83. The Labute approximate surface area is 115 Å². The third-order valence-corrected chi connectivity index (χ3v) is 3.34. The SMILES string of the molecule is CCCNC(C)(Cn1nc(CC)cc1CC)C(=O)O. The molecule has 0 saturated heterocycles. The van der Waals surface area contributed by atoms with Crippen LogP contribution in [0.5, 0.6) is 0 Å². The maximum absolute atomic E-state index is 11.5. The fraction of sp³-hybridized carbons (Fsp3) is 0.714. The monoisotopic (exact) mass is 267 g/mol. The summed E-state index contributed by atoms with van der Waals surface area (Å²) in [6.07, 6.45) is 2.63. The molecule has 2 N–H and O–H groups in total. The average molecular weight is 267 g/mol. The second kappa shape index (κ2) is 6.70. The molecule has 1 heterocycles. The van der Waals surface area contributed by atoms with Crippen molar-refractivity contribution in [2.45, 2.75) is 59.0 Å². The molecule has 0 amide bonds. The summed E-state index contributed by atoms with van der Waals surface area (Å²) >= 11 is 0. The summed E-state index contributed by atoms with van der Waals surface area (Å²) in [5, 5.41) is 17.0. The van der Waals surface area contributed by atoms with Gasteiger partial charge in [0, 0.05) is 5.69 Å². The number of rotatable bonds is 8. The first-order valence-electron chi connectivity index (χ1n) is 7.00. The largest absolute Gasteiger partial charge is 0.480 e. The summed E-state index contributed by atoms with van der Waals surface area (Å²) in [6, 6.07) is 2.06. The second-order valence-corrected chi connectivity index (χ2v) is 5.06. The zero-order chi connectivity index (χ0) is 14.5. The number of carboxylic acid groups (broad SMARTS) is 1. The lowest BCUT2D eigenvalue weighted by Gasteiger charge is -2.27. The number of nitrogens with one attached hydrogen (secondary N) is 1. The van der Waals surface area contributed by atoms with Crippen LogP contribution in [0.25, 0.3) is 0 Å². The van der Waals surface area contributed by atoms with E-state index in [4.69, 9.17) is 0 Å². The van der Waals surface area contributed by atoms with Crippen molar-refractivity contribution >= 4 is 5.97 Å². The standard InChI is InChI=1S/C14H25N3O2/c1-5-8-15-14(4,13(18)19)10-17-12(7-3)9-11(6-2)16-17/h9,15H,5-8,10H2,1-4H3,(H,18,19). The van der Waals surface area contributed by atoms with E-state index >= 15 is 0 Å². The molecule has 0 aliphatic carbocycles. The topological polar surface area (TPSA) is 67.2 Å². The smallest absolute Gasteiger partial charge is 0.325 e. The fourth-order valence-corrected chi connectivity index (χ4v) is 2.01. The van der Waals surface area contributed by atoms with E-state index in [1.807, 2.05) is 11.6 Å². The highest BCUT2D eigenvalue weighted by molar-refractivity contribution is 5.78.